The number of hydrogen-bond donors (Lipinski definition) is 2. The van der Waals surface area contributed by atoms with Gasteiger partial charge in [0.15, 0.2) is 0 Å². The number of rotatable bonds is 3. The topological polar surface area (TPSA) is 118 Å². The third kappa shape index (κ3) is 8.41. The SMILES string of the molecule is O=C(O)CCC(=O)O.O=C1CCC(=O)O1. The summed E-state index contributed by atoms with van der Waals surface area (Å²) in [6.45, 7) is 0. The van der Waals surface area contributed by atoms with Crippen molar-refractivity contribution in [3.8, 4) is 0 Å². The van der Waals surface area contributed by atoms with Gasteiger partial charge >= 0.3 is 23.9 Å². The highest BCUT2D eigenvalue weighted by Crippen LogP contribution is 2.03. The lowest BCUT2D eigenvalue weighted by atomic mass is 10.3. The minimum absolute atomic E-state index is 0.263. The van der Waals surface area contributed by atoms with Crippen LogP contribution < -0.4 is 0 Å². The number of carbonyl (C=O) groups excluding carboxylic acids is 2. The van der Waals surface area contributed by atoms with Crippen LogP contribution in [0.2, 0.25) is 0 Å². The van der Waals surface area contributed by atoms with E-state index in [4.69, 9.17) is 10.2 Å². The van der Waals surface area contributed by atoms with E-state index >= 15 is 0 Å². The van der Waals surface area contributed by atoms with Gasteiger partial charge in [0, 0.05) is 0 Å². The van der Waals surface area contributed by atoms with Gasteiger partial charge in [0.25, 0.3) is 0 Å². The number of esters is 2. The summed E-state index contributed by atoms with van der Waals surface area (Å²) in [5, 5.41) is 15.8. The summed E-state index contributed by atoms with van der Waals surface area (Å²) in [7, 11) is 0. The van der Waals surface area contributed by atoms with E-state index in [1.165, 1.54) is 0 Å². The predicted molar refractivity (Wildman–Crippen MR) is 44.8 cm³/mol. The number of aliphatic carboxylic acids is 2. The molecule has 0 amide bonds. The largest absolute Gasteiger partial charge is 0.481 e. The Morgan fingerprint density at radius 1 is 1.00 bits per heavy atom. The zero-order valence-electron chi connectivity index (χ0n) is 7.76. The summed E-state index contributed by atoms with van der Waals surface area (Å²) in [6, 6.07) is 0. The zero-order valence-corrected chi connectivity index (χ0v) is 7.76. The van der Waals surface area contributed by atoms with Crippen LogP contribution in [0.15, 0.2) is 0 Å². The Bertz CT molecular complexity index is 253. The van der Waals surface area contributed by atoms with E-state index in [0.29, 0.717) is 0 Å². The minimum Gasteiger partial charge on any atom is -0.481 e. The molecule has 1 aliphatic rings. The monoisotopic (exact) mass is 218 g/mol. The molecule has 0 aromatic heterocycles. The van der Waals surface area contributed by atoms with E-state index < -0.39 is 23.9 Å². The normalized spacial score (nSPS) is 13.9. The maximum absolute atomic E-state index is 10.0. The van der Waals surface area contributed by atoms with Crippen molar-refractivity contribution in [2.45, 2.75) is 25.7 Å². The molecule has 7 heteroatoms. The average molecular weight is 218 g/mol. The van der Waals surface area contributed by atoms with Crippen LogP contribution in [0.3, 0.4) is 0 Å². The van der Waals surface area contributed by atoms with Crippen molar-refractivity contribution in [2.75, 3.05) is 0 Å². The number of hydrogen-bond acceptors (Lipinski definition) is 5. The first-order chi connectivity index (χ1) is 6.91. The van der Waals surface area contributed by atoms with Crippen LogP contribution in [-0.4, -0.2) is 34.1 Å². The van der Waals surface area contributed by atoms with Gasteiger partial charge in [-0.3, -0.25) is 19.2 Å². The van der Waals surface area contributed by atoms with Gasteiger partial charge in [-0.1, -0.05) is 0 Å². The third-order valence-corrected chi connectivity index (χ3v) is 1.31. The molecule has 1 heterocycles. The summed E-state index contributed by atoms with van der Waals surface area (Å²) >= 11 is 0. The highest BCUT2D eigenvalue weighted by molar-refractivity contribution is 5.92. The minimum atomic E-state index is -1.08. The smallest absolute Gasteiger partial charge is 0.314 e. The summed E-state index contributed by atoms with van der Waals surface area (Å²) in [6.07, 6.45) is -0.0671. The van der Waals surface area contributed by atoms with Gasteiger partial charge in [0.05, 0.1) is 25.7 Å². The number of carboxylic acids is 2. The summed E-state index contributed by atoms with van der Waals surface area (Å²) in [5.41, 5.74) is 0. The predicted octanol–water partition coefficient (Wildman–Crippen LogP) is -0.214. The molecule has 1 saturated heterocycles. The first-order valence-corrected chi connectivity index (χ1v) is 4.09. The molecule has 0 aromatic rings. The van der Waals surface area contributed by atoms with Crippen LogP contribution in [-0.2, 0) is 23.9 Å². The molecule has 84 valence electrons. The van der Waals surface area contributed by atoms with E-state index in [-0.39, 0.29) is 25.7 Å². The zero-order chi connectivity index (χ0) is 11.8. The molecule has 1 fully saturated rings. The molecule has 0 aromatic carbocycles. The first kappa shape index (κ1) is 13.1. The van der Waals surface area contributed by atoms with Crippen molar-refractivity contribution >= 4 is 23.9 Å². The molecule has 2 N–H and O–H groups in total. The van der Waals surface area contributed by atoms with Gasteiger partial charge in [0.1, 0.15) is 0 Å². The van der Waals surface area contributed by atoms with E-state index in [0.717, 1.165) is 0 Å². The molecule has 0 spiro atoms. The Kier molecular flexibility index (Phi) is 5.69. The Labute approximate surface area is 84.6 Å². The van der Waals surface area contributed by atoms with Gasteiger partial charge in [-0.15, -0.1) is 0 Å². The van der Waals surface area contributed by atoms with Crippen LogP contribution in [0.5, 0.6) is 0 Å². The molecule has 0 bridgehead atoms. The molecule has 15 heavy (non-hydrogen) atoms. The van der Waals surface area contributed by atoms with Crippen LogP contribution in [0, 0.1) is 0 Å². The fraction of sp³-hybridized carbons (Fsp3) is 0.500. The fourth-order valence-electron chi connectivity index (χ4n) is 0.647. The van der Waals surface area contributed by atoms with Crippen molar-refractivity contribution in [1.29, 1.82) is 0 Å². The van der Waals surface area contributed by atoms with Gasteiger partial charge in [-0.25, -0.2) is 0 Å². The average Bonchev–Trinajstić information content (AvgIpc) is 2.47. The molecular formula is C8H10O7. The van der Waals surface area contributed by atoms with E-state index in [1.807, 2.05) is 0 Å². The molecule has 1 rings (SSSR count). The number of carbonyl (C=O) groups is 4. The molecule has 0 aliphatic carbocycles. The van der Waals surface area contributed by atoms with E-state index in [2.05, 4.69) is 4.74 Å². The second-order valence-corrected chi connectivity index (χ2v) is 2.63. The van der Waals surface area contributed by atoms with Crippen molar-refractivity contribution in [2.24, 2.45) is 0 Å². The molecule has 0 unspecified atom stereocenters. The Balaban J connectivity index is 0.000000262. The van der Waals surface area contributed by atoms with Crippen LogP contribution in [0.1, 0.15) is 25.7 Å². The van der Waals surface area contributed by atoms with Crippen molar-refractivity contribution in [3.05, 3.63) is 0 Å². The van der Waals surface area contributed by atoms with Crippen molar-refractivity contribution in [1.82, 2.24) is 0 Å². The maximum atomic E-state index is 10.0. The highest BCUT2D eigenvalue weighted by Gasteiger charge is 2.19. The van der Waals surface area contributed by atoms with Gasteiger partial charge in [-0.2, -0.15) is 0 Å². The van der Waals surface area contributed by atoms with Gasteiger partial charge < -0.3 is 14.9 Å². The molecule has 0 atom stereocenters. The number of ether oxygens (including phenoxy) is 1. The van der Waals surface area contributed by atoms with E-state index in [1.54, 1.807) is 0 Å². The second-order valence-electron chi connectivity index (χ2n) is 2.63. The lowest BCUT2D eigenvalue weighted by Gasteiger charge is -1.85. The van der Waals surface area contributed by atoms with Crippen LogP contribution in [0.4, 0.5) is 0 Å². The summed E-state index contributed by atoms with van der Waals surface area (Å²) in [4.78, 5) is 39.3. The Morgan fingerprint density at radius 3 is 1.47 bits per heavy atom. The van der Waals surface area contributed by atoms with Gasteiger partial charge in [-0.05, 0) is 0 Å². The lowest BCUT2D eigenvalue weighted by Crippen LogP contribution is -2.00. The fourth-order valence-corrected chi connectivity index (χ4v) is 0.647. The van der Waals surface area contributed by atoms with Crippen molar-refractivity contribution in [3.63, 3.8) is 0 Å². The van der Waals surface area contributed by atoms with Crippen LogP contribution in [0.25, 0.3) is 0 Å². The standard InChI is InChI=1S/C4H6O4.C4H4O3/c5-3(6)1-2-4(7)8;5-3-1-2-4(6)7-3/h1-2H2,(H,5,6)(H,7,8);1-2H2. The Morgan fingerprint density at radius 2 is 1.33 bits per heavy atom. The molecule has 1 aliphatic heterocycles. The number of carboxylic acid groups (broad SMARTS) is 2. The molecule has 0 saturated carbocycles. The first-order valence-electron chi connectivity index (χ1n) is 4.09. The number of cyclic esters (lactones) is 2. The summed E-state index contributed by atoms with van der Waals surface area (Å²) in [5.74, 6) is -2.95. The van der Waals surface area contributed by atoms with Crippen molar-refractivity contribution < 1.29 is 34.1 Å². The lowest BCUT2D eigenvalue weighted by molar-refractivity contribution is -0.152. The molecule has 7 nitrogen and oxygen atoms in total. The third-order valence-electron chi connectivity index (χ3n) is 1.31. The Hall–Kier alpha value is -1.92. The van der Waals surface area contributed by atoms with Crippen LogP contribution >= 0.6 is 0 Å². The van der Waals surface area contributed by atoms with E-state index in [9.17, 15) is 19.2 Å². The quantitative estimate of drug-likeness (QED) is 0.496. The molecular weight excluding hydrogens is 208 g/mol. The molecule has 0 radical (unpaired) electrons. The highest BCUT2D eigenvalue weighted by atomic mass is 16.6. The summed E-state index contributed by atoms with van der Waals surface area (Å²) < 4.78 is 4.08. The van der Waals surface area contributed by atoms with Gasteiger partial charge in [0.2, 0.25) is 0 Å². The second kappa shape index (κ2) is 6.52. The maximum Gasteiger partial charge on any atom is 0.314 e.